The van der Waals surface area contributed by atoms with Gasteiger partial charge in [-0.25, -0.2) is 4.79 Å². The molecular weight excluding hydrogens is 234 g/mol. The van der Waals surface area contributed by atoms with Crippen LogP contribution in [0.25, 0.3) is 0 Å². The Labute approximate surface area is 109 Å². The summed E-state index contributed by atoms with van der Waals surface area (Å²) in [6, 6.07) is 0. The monoisotopic (exact) mass is 259 g/mol. The number of carboxylic acids is 1. The highest BCUT2D eigenvalue weighted by Gasteiger charge is 2.10. The Morgan fingerprint density at radius 2 is 1.94 bits per heavy atom. The van der Waals surface area contributed by atoms with Crippen molar-refractivity contribution in [1.29, 1.82) is 0 Å². The quantitative estimate of drug-likeness (QED) is 0.667. The molecule has 0 fully saturated rings. The Balaban J connectivity index is 3.66. The second kappa shape index (κ2) is 9.74. The Kier molecular flexibility index (Phi) is 9.06. The van der Waals surface area contributed by atoms with E-state index >= 15 is 0 Å². The molecule has 1 unspecified atom stereocenters. The molecule has 0 aromatic carbocycles. The van der Waals surface area contributed by atoms with Gasteiger partial charge in [0.05, 0.1) is 6.61 Å². The molecule has 0 saturated heterocycles. The van der Waals surface area contributed by atoms with Crippen molar-refractivity contribution in [3.63, 3.8) is 0 Å². The first-order chi connectivity index (χ1) is 8.45. The van der Waals surface area contributed by atoms with Crippen LogP contribution < -0.4 is 5.32 Å². The van der Waals surface area contributed by atoms with Crippen molar-refractivity contribution in [2.75, 3.05) is 13.2 Å². The number of hydrogen-bond donors (Lipinski definition) is 2. The molecule has 106 valence electrons. The van der Waals surface area contributed by atoms with Gasteiger partial charge in [-0.3, -0.25) is 4.79 Å². The number of rotatable bonds is 9. The number of carbonyl (C=O) groups is 2. The molecule has 5 heteroatoms. The van der Waals surface area contributed by atoms with Gasteiger partial charge in [-0.1, -0.05) is 27.2 Å². The van der Waals surface area contributed by atoms with Gasteiger partial charge in [0, 0.05) is 13.0 Å². The van der Waals surface area contributed by atoms with Crippen molar-refractivity contribution >= 4 is 12.1 Å². The lowest BCUT2D eigenvalue weighted by molar-refractivity contribution is -0.137. The number of carbonyl (C=O) groups excluding carboxylic acids is 1. The minimum absolute atomic E-state index is 0.191. The maximum atomic E-state index is 11.3. The molecule has 0 saturated carbocycles. The van der Waals surface area contributed by atoms with Crippen LogP contribution >= 0.6 is 0 Å². The first-order valence-corrected chi connectivity index (χ1v) is 6.58. The van der Waals surface area contributed by atoms with E-state index < -0.39 is 12.1 Å². The fourth-order valence-electron chi connectivity index (χ4n) is 1.55. The average Bonchev–Trinajstić information content (AvgIpc) is 2.30. The second-order valence-corrected chi connectivity index (χ2v) is 4.91. The molecule has 1 atom stereocenters. The van der Waals surface area contributed by atoms with Gasteiger partial charge in [0.1, 0.15) is 0 Å². The second-order valence-electron chi connectivity index (χ2n) is 4.91. The highest BCUT2D eigenvalue weighted by Crippen LogP contribution is 2.14. The van der Waals surface area contributed by atoms with Crippen molar-refractivity contribution in [1.82, 2.24) is 5.32 Å². The van der Waals surface area contributed by atoms with Crippen LogP contribution in [0, 0.1) is 11.8 Å². The minimum Gasteiger partial charge on any atom is -0.481 e. The highest BCUT2D eigenvalue weighted by molar-refractivity contribution is 5.67. The van der Waals surface area contributed by atoms with E-state index in [0.29, 0.717) is 31.4 Å². The Morgan fingerprint density at radius 3 is 2.44 bits per heavy atom. The summed E-state index contributed by atoms with van der Waals surface area (Å²) < 4.78 is 4.97. The first kappa shape index (κ1) is 16.7. The lowest BCUT2D eigenvalue weighted by Gasteiger charge is -2.14. The Morgan fingerprint density at radius 1 is 1.28 bits per heavy atom. The van der Waals surface area contributed by atoms with Crippen LogP contribution in [-0.2, 0) is 9.53 Å². The molecule has 0 bridgehead atoms. The lowest BCUT2D eigenvalue weighted by Crippen LogP contribution is -2.27. The van der Waals surface area contributed by atoms with Gasteiger partial charge in [-0.15, -0.1) is 0 Å². The fourth-order valence-corrected chi connectivity index (χ4v) is 1.55. The summed E-state index contributed by atoms with van der Waals surface area (Å²) in [5, 5.41) is 11.3. The molecule has 18 heavy (non-hydrogen) atoms. The number of hydrogen-bond acceptors (Lipinski definition) is 3. The third-order valence-electron chi connectivity index (χ3n) is 2.71. The molecule has 0 heterocycles. The van der Waals surface area contributed by atoms with E-state index in [-0.39, 0.29) is 6.42 Å². The highest BCUT2D eigenvalue weighted by atomic mass is 16.5. The van der Waals surface area contributed by atoms with Gasteiger partial charge in [0.15, 0.2) is 0 Å². The van der Waals surface area contributed by atoms with Crippen LogP contribution in [-0.4, -0.2) is 30.3 Å². The number of amides is 1. The molecule has 1 amide bonds. The zero-order valence-corrected chi connectivity index (χ0v) is 11.6. The minimum atomic E-state index is -0.766. The largest absolute Gasteiger partial charge is 0.481 e. The summed E-state index contributed by atoms with van der Waals surface area (Å²) in [7, 11) is 0. The standard InChI is InChI=1S/C13H25NO4/c1-4-11(5-6-12(15)16)7-8-14-13(17)18-9-10(2)3/h10-11H,4-9H2,1-3H3,(H,14,17)(H,15,16). The van der Waals surface area contributed by atoms with Crippen LogP contribution in [0.5, 0.6) is 0 Å². The van der Waals surface area contributed by atoms with Gasteiger partial charge in [0.25, 0.3) is 0 Å². The number of carboxylic acid groups (broad SMARTS) is 1. The van der Waals surface area contributed by atoms with E-state index in [2.05, 4.69) is 5.32 Å². The smallest absolute Gasteiger partial charge is 0.407 e. The fraction of sp³-hybridized carbons (Fsp3) is 0.846. The van der Waals surface area contributed by atoms with Gasteiger partial charge in [0.2, 0.25) is 0 Å². The van der Waals surface area contributed by atoms with E-state index in [4.69, 9.17) is 9.84 Å². The SMILES string of the molecule is CCC(CCNC(=O)OCC(C)C)CCC(=O)O. The summed E-state index contributed by atoms with van der Waals surface area (Å²) in [4.78, 5) is 21.7. The predicted molar refractivity (Wildman–Crippen MR) is 69.5 cm³/mol. The van der Waals surface area contributed by atoms with Gasteiger partial charge >= 0.3 is 12.1 Å². The maximum Gasteiger partial charge on any atom is 0.407 e. The summed E-state index contributed by atoms with van der Waals surface area (Å²) >= 11 is 0. The third kappa shape index (κ3) is 9.93. The zero-order chi connectivity index (χ0) is 14.0. The Bertz CT molecular complexity index is 253. The number of alkyl carbamates (subject to hydrolysis) is 1. The molecule has 2 N–H and O–H groups in total. The lowest BCUT2D eigenvalue weighted by atomic mass is 9.97. The molecule has 0 aromatic rings. The topological polar surface area (TPSA) is 75.6 Å². The first-order valence-electron chi connectivity index (χ1n) is 6.58. The van der Waals surface area contributed by atoms with Crippen molar-refractivity contribution in [3.8, 4) is 0 Å². The molecule has 0 aliphatic carbocycles. The summed E-state index contributed by atoms with van der Waals surface area (Å²) in [5.41, 5.74) is 0. The average molecular weight is 259 g/mol. The van der Waals surface area contributed by atoms with E-state index in [0.717, 1.165) is 12.8 Å². The Hall–Kier alpha value is -1.26. The summed E-state index contributed by atoms with van der Waals surface area (Å²) in [5.74, 6) is -0.0982. The third-order valence-corrected chi connectivity index (χ3v) is 2.71. The molecule has 0 aliphatic heterocycles. The predicted octanol–water partition coefficient (Wildman–Crippen LogP) is 2.65. The summed E-state index contributed by atoms with van der Waals surface area (Å²) in [6.07, 6.45) is 2.18. The molecule has 0 aromatic heterocycles. The molecule has 0 radical (unpaired) electrons. The summed E-state index contributed by atoms with van der Waals surface area (Å²) in [6.45, 7) is 6.94. The van der Waals surface area contributed by atoms with E-state index in [1.54, 1.807) is 0 Å². The van der Waals surface area contributed by atoms with Crippen molar-refractivity contribution < 1.29 is 19.4 Å². The van der Waals surface area contributed by atoms with Crippen molar-refractivity contribution in [2.45, 2.75) is 46.5 Å². The van der Waals surface area contributed by atoms with E-state index in [9.17, 15) is 9.59 Å². The van der Waals surface area contributed by atoms with Crippen LogP contribution in [0.1, 0.15) is 46.5 Å². The maximum absolute atomic E-state index is 11.3. The van der Waals surface area contributed by atoms with Gasteiger partial charge in [-0.05, 0) is 24.7 Å². The van der Waals surface area contributed by atoms with Crippen LogP contribution in [0.15, 0.2) is 0 Å². The van der Waals surface area contributed by atoms with E-state index in [1.165, 1.54) is 0 Å². The van der Waals surface area contributed by atoms with Crippen molar-refractivity contribution in [3.05, 3.63) is 0 Å². The normalized spacial score (nSPS) is 12.2. The zero-order valence-electron chi connectivity index (χ0n) is 11.6. The molecule has 5 nitrogen and oxygen atoms in total. The van der Waals surface area contributed by atoms with Crippen molar-refractivity contribution in [2.24, 2.45) is 11.8 Å². The van der Waals surface area contributed by atoms with E-state index in [1.807, 2.05) is 20.8 Å². The molecular formula is C13H25NO4. The number of aliphatic carboxylic acids is 1. The van der Waals surface area contributed by atoms with Gasteiger partial charge in [-0.2, -0.15) is 0 Å². The number of nitrogens with one attached hydrogen (secondary N) is 1. The van der Waals surface area contributed by atoms with Crippen LogP contribution in [0.2, 0.25) is 0 Å². The molecule has 0 aliphatic rings. The van der Waals surface area contributed by atoms with Crippen LogP contribution in [0.4, 0.5) is 4.79 Å². The molecule has 0 spiro atoms. The number of ether oxygens (including phenoxy) is 1. The molecule has 0 rings (SSSR count). The van der Waals surface area contributed by atoms with Gasteiger partial charge < -0.3 is 15.2 Å². The van der Waals surface area contributed by atoms with Crippen LogP contribution in [0.3, 0.4) is 0 Å².